The van der Waals surface area contributed by atoms with Gasteiger partial charge >= 0.3 is 0 Å². The van der Waals surface area contributed by atoms with Crippen molar-refractivity contribution in [2.45, 2.75) is 13.3 Å². The summed E-state index contributed by atoms with van der Waals surface area (Å²) in [4.78, 5) is 13.4. The molecule has 124 valence electrons. The Morgan fingerprint density at radius 3 is 2.56 bits per heavy atom. The number of aromatic nitrogens is 4. The number of aryl methyl sites for hydroxylation is 1. The number of halogens is 1. The Bertz CT molecular complexity index is 1050. The monoisotopic (exact) mass is 349 g/mol. The number of nitrogen functional groups attached to an aromatic ring is 1. The molecule has 0 unspecified atom stereocenters. The zero-order valence-electron chi connectivity index (χ0n) is 13.6. The SMILES string of the molecule is CCc1ccc(-n2c(-c3cccnc3N)nc3ccc(Cl)nc32)cc1. The lowest BCUT2D eigenvalue weighted by Gasteiger charge is -2.10. The van der Waals surface area contributed by atoms with Gasteiger partial charge in [0.05, 0.1) is 5.56 Å². The molecule has 0 amide bonds. The van der Waals surface area contributed by atoms with Crippen molar-refractivity contribution in [2.75, 3.05) is 5.73 Å². The van der Waals surface area contributed by atoms with Gasteiger partial charge in [0.1, 0.15) is 16.5 Å². The van der Waals surface area contributed by atoms with E-state index >= 15 is 0 Å². The van der Waals surface area contributed by atoms with Crippen LogP contribution in [0.15, 0.2) is 54.7 Å². The van der Waals surface area contributed by atoms with Gasteiger partial charge in [-0.3, -0.25) is 4.57 Å². The number of imidazole rings is 1. The third-order valence-corrected chi connectivity index (χ3v) is 4.36. The fourth-order valence-corrected chi connectivity index (χ4v) is 2.99. The molecule has 0 bridgehead atoms. The summed E-state index contributed by atoms with van der Waals surface area (Å²) in [6, 6.07) is 15.6. The predicted molar refractivity (Wildman–Crippen MR) is 101 cm³/mol. The summed E-state index contributed by atoms with van der Waals surface area (Å²) in [6.45, 7) is 2.13. The zero-order valence-corrected chi connectivity index (χ0v) is 14.4. The topological polar surface area (TPSA) is 69.6 Å². The van der Waals surface area contributed by atoms with Gasteiger partial charge in [-0.25, -0.2) is 15.0 Å². The minimum absolute atomic E-state index is 0.421. The van der Waals surface area contributed by atoms with Crippen molar-refractivity contribution in [2.24, 2.45) is 0 Å². The van der Waals surface area contributed by atoms with Crippen LogP contribution in [0.25, 0.3) is 28.2 Å². The highest BCUT2D eigenvalue weighted by molar-refractivity contribution is 6.29. The molecule has 0 saturated heterocycles. The van der Waals surface area contributed by atoms with E-state index in [0.717, 1.165) is 23.2 Å². The summed E-state index contributed by atoms with van der Waals surface area (Å²) in [5, 5.41) is 0.421. The molecule has 0 spiro atoms. The second kappa shape index (κ2) is 6.18. The molecule has 0 aliphatic carbocycles. The fourth-order valence-electron chi connectivity index (χ4n) is 2.85. The fraction of sp³-hybridized carbons (Fsp3) is 0.105. The predicted octanol–water partition coefficient (Wildman–Crippen LogP) is 4.28. The molecule has 3 aromatic heterocycles. The molecule has 5 nitrogen and oxygen atoms in total. The van der Waals surface area contributed by atoms with E-state index in [2.05, 4.69) is 41.2 Å². The quantitative estimate of drug-likeness (QED) is 0.560. The van der Waals surface area contributed by atoms with Crippen LogP contribution in [0.2, 0.25) is 5.15 Å². The summed E-state index contributed by atoms with van der Waals surface area (Å²) < 4.78 is 1.97. The van der Waals surface area contributed by atoms with Crippen molar-refractivity contribution < 1.29 is 0 Å². The average Bonchev–Trinajstić information content (AvgIpc) is 3.00. The maximum Gasteiger partial charge on any atom is 0.166 e. The lowest BCUT2D eigenvalue weighted by molar-refractivity contribution is 1.06. The van der Waals surface area contributed by atoms with Crippen molar-refractivity contribution in [3.63, 3.8) is 0 Å². The molecule has 6 heteroatoms. The van der Waals surface area contributed by atoms with E-state index in [9.17, 15) is 0 Å². The number of fused-ring (bicyclic) bond motifs is 1. The molecular formula is C19H16ClN5. The van der Waals surface area contributed by atoms with Gasteiger partial charge in [-0.2, -0.15) is 0 Å². The second-order valence-electron chi connectivity index (χ2n) is 5.70. The number of nitrogens with two attached hydrogens (primary N) is 1. The molecule has 0 aliphatic heterocycles. The molecule has 0 radical (unpaired) electrons. The number of benzene rings is 1. The minimum atomic E-state index is 0.421. The smallest absolute Gasteiger partial charge is 0.166 e. The number of rotatable bonds is 3. The van der Waals surface area contributed by atoms with Gasteiger partial charge in [0.25, 0.3) is 0 Å². The lowest BCUT2D eigenvalue weighted by atomic mass is 10.1. The van der Waals surface area contributed by atoms with Gasteiger partial charge in [0.15, 0.2) is 11.5 Å². The summed E-state index contributed by atoms with van der Waals surface area (Å²) >= 11 is 6.12. The van der Waals surface area contributed by atoms with Crippen LogP contribution in [0, 0.1) is 0 Å². The first kappa shape index (κ1) is 15.6. The van der Waals surface area contributed by atoms with Gasteiger partial charge in [0, 0.05) is 11.9 Å². The average molecular weight is 350 g/mol. The Labute approximate surface area is 150 Å². The molecule has 1 aromatic carbocycles. The minimum Gasteiger partial charge on any atom is -0.383 e. The lowest BCUT2D eigenvalue weighted by Crippen LogP contribution is -2.02. The van der Waals surface area contributed by atoms with Crippen LogP contribution in [0.1, 0.15) is 12.5 Å². The van der Waals surface area contributed by atoms with Crippen molar-refractivity contribution >= 4 is 28.6 Å². The van der Waals surface area contributed by atoms with Crippen LogP contribution in [-0.4, -0.2) is 19.5 Å². The van der Waals surface area contributed by atoms with Crippen molar-refractivity contribution in [1.29, 1.82) is 0 Å². The van der Waals surface area contributed by atoms with E-state index < -0.39 is 0 Å². The van der Waals surface area contributed by atoms with Crippen molar-refractivity contribution in [3.05, 3.63) is 65.4 Å². The molecule has 0 atom stereocenters. The van der Waals surface area contributed by atoms with Crippen LogP contribution in [0.5, 0.6) is 0 Å². The highest BCUT2D eigenvalue weighted by Gasteiger charge is 2.18. The highest BCUT2D eigenvalue weighted by atomic mass is 35.5. The van der Waals surface area contributed by atoms with Crippen molar-refractivity contribution in [1.82, 2.24) is 19.5 Å². The second-order valence-corrected chi connectivity index (χ2v) is 6.09. The molecule has 0 saturated carbocycles. The third-order valence-electron chi connectivity index (χ3n) is 4.15. The van der Waals surface area contributed by atoms with E-state index in [0.29, 0.717) is 22.4 Å². The largest absolute Gasteiger partial charge is 0.383 e. The van der Waals surface area contributed by atoms with Gasteiger partial charge < -0.3 is 5.73 Å². The molecule has 3 heterocycles. The van der Waals surface area contributed by atoms with Crippen LogP contribution in [0.4, 0.5) is 5.82 Å². The Morgan fingerprint density at radius 1 is 1.04 bits per heavy atom. The van der Waals surface area contributed by atoms with Gasteiger partial charge in [0.2, 0.25) is 0 Å². The summed E-state index contributed by atoms with van der Waals surface area (Å²) in [5.74, 6) is 1.12. The molecule has 0 aliphatic rings. The number of anilines is 1. The maximum atomic E-state index is 6.12. The normalized spacial score (nSPS) is 11.1. The van der Waals surface area contributed by atoms with E-state index in [-0.39, 0.29) is 0 Å². The Morgan fingerprint density at radius 2 is 1.84 bits per heavy atom. The molecular weight excluding hydrogens is 334 g/mol. The van der Waals surface area contributed by atoms with E-state index in [4.69, 9.17) is 22.3 Å². The van der Waals surface area contributed by atoms with E-state index in [1.807, 2.05) is 22.8 Å². The third kappa shape index (κ3) is 2.72. The molecule has 4 rings (SSSR count). The zero-order chi connectivity index (χ0) is 17.4. The molecule has 0 fully saturated rings. The summed E-state index contributed by atoms with van der Waals surface area (Å²) in [7, 11) is 0. The number of pyridine rings is 2. The standard InChI is InChI=1S/C19H16ClN5/c1-2-12-5-7-13(8-6-12)25-18(14-4-3-11-22-17(14)21)23-15-9-10-16(20)24-19(15)25/h3-11H,2H2,1H3,(H2,21,22). The van der Waals surface area contributed by atoms with Crippen LogP contribution in [0.3, 0.4) is 0 Å². The van der Waals surface area contributed by atoms with Gasteiger partial charge in [-0.15, -0.1) is 0 Å². The number of hydrogen-bond acceptors (Lipinski definition) is 4. The van der Waals surface area contributed by atoms with Crippen molar-refractivity contribution in [3.8, 4) is 17.1 Å². The van der Waals surface area contributed by atoms with E-state index in [1.165, 1.54) is 5.56 Å². The first-order chi connectivity index (χ1) is 12.2. The van der Waals surface area contributed by atoms with Gasteiger partial charge in [-0.1, -0.05) is 30.7 Å². The maximum absolute atomic E-state index is 6.12. The highest BCUT2D eigenvalue weighted by Crippen LogP contribution is 2.30. The first-order valence-corrected chi connectivity index (χ1v) is 8.40. The summed E-state index contributed by atoms with van der Waals surface area (Å²) in [5.41, 5.74) is 10.5. The number of nitrogens with zero attached hydrogens (tertiary/aromatic N) is 4. The van der Waals surface area contributed by atoms with Crippen LogP contribution in [-0.2, 0) is 6.42 Å². The summed E-state index contributed by atoms with van der Waals surface area (Å²) in [6.07, 6.45) is 2.65. The number of hydrogen-bond donors (Lipinski definition) is 1. The van der Waals surface area contributed by atoms with Gasteiger partial charge in [-0.05, 0) is 48.4 Å². The molecule has 4 aromatic rings. The Kier molecular flexibility index (Phi) is 3.86. The van der Waals surface area contributed by atoms with E-state index in [1.54, 1.807) is 12.3 Å². The Hall–Kier alpha value is -2.92. The Balaban J connectivity index is 2.03. The molecule has 25 heavy (non-hydrogen) atoms. The first-order valence-electron chi connectivity index (χ1n) is 8.02. The van der Waals surface area contributed by atoms with Crippen LogP contribution >= 0.6 is 11.6 Å². The molecule has 2 N–H and O–H groups in total. The van der Waals surface area contributed by atoms with Crippen LogP contribution < -0.4 is 5.73 Å².